The van der Waals surface area contributed by atoms with Gasteiger partial charge in [0.2, 0.25) is 5.91 Å². The van der Waals surface area contributed by atoms with E-state index in [2.05, 4.69) is 16.6 Å². The van der Waals surface area contributed by atoms with Crippen LogP contribution in [0.3, 0.4) is 0 Å². The summed E-state index contributed by atoms with van der Waals surface area (Å²) in [6, 6.07) is 8.19. The minimum absolute atomic E-state index is 0.0438. The lowest BCUT2D eigenvalue weighted by atomic mass is 9.97. The Kier molecular flexibility index (Phi) is 4.02. The topological polar surface area (TPSA) is 74.7 Å². The number of thiazole rings is 1. The number of carbonyl (C=O) groups excluding carboxylic acids is 2. The van der Waals surface area contributed by atoms with Crippen molar-refractivity contribution in [2.45, 2.75) is 31.6 Å². The normalized spacial score (nSPS) is 19.2. The van der Waals surface area contributed by atoms with E-state index < -0.39 is 0 Å². The summed E-state index contributed by atoms with van der Waals surface area (Å²) in [7, 11) is 0. The highest BCUT2D eigenvalue weighted by Crippen LogP contribution is 2.33. The third kappa shape index (κ3) is 2.91. The second kappa shape index (κ2) is 6.32. The molecule has 1 saturated heterocycles. The number of piperidine rings is 1. The SMILES string of the molecule is O=C1CCC(C(=O)N2CCC(c3nc4ccccc4s3)CC2)=NN1. The lowest BCUT2D eigenvalue weighted by Gasteiger charge is -2.31. The van der Waals surface area contributed by atoms with Crippen LogP contribution in [-0.4, -0.2) is 40.5 Å². The summed E-state index contributed by atoms with van der Waals surface area (Å²) in [5.74, 6) is 0.248. The smallest absolute Gasteiger partial charge is 0.270 e. The molecule has 0 aliphatic carbocycles. The molecule has 7 heteroatoms. The molecule has 0 spiro atoms. The first kappa shape index (κ1) is 15.3. The molecule has 3 heterocycles. The maximum atomic E-state index is 12.5. The molecule has 1 N–H and O–H groups in total. The first-order chi connectivity index (χ1) is 11.7. The zero-order chi connectivity index (χ0) is 16.5. The highest BCUT2D eigenvalue weighted by molar-refractivity contribution is 7.18. The molecule has 2 aromatic rings. The summed E-state index contributed by atoms with van der Waals surface area (Å²) in [6.07, 6.45) is 2.62. The second-order valence-electron chi connectivity index (χ2n) is 6.18. The van der Waals surface area contributed by atoms with E-state index in [1.165, 1.54) is 9.71 Å². The molecule has 0 unspecified atom stereocenters. The van der Waals surface area contributed by atoms with Crippen LogP contribution < -0.4 is 5.43 Å². The molecule has 1 fully saturated rings. The number of amides is 2. The number of benzene rings is 1. The fraction of sp³-hybridized carbons (Fsp3) is 0.412. The van der Waals surface area contributed by atoms with Crippen molar-refractivity contribution in [3.63, 3.8) is 0 Å². The predicted octanol–water partition coefficient (Wildman–Crippen LogP) is 2.27. The average Bonchev–Trinajstić information content (AvgIpc) is 3.06. The number of fused-ring (bicyclic) bond motifs is 1. The number of aromatic nitrogens is 1. The molecule has 124 valence electrons. The average molecular weight is 342 g/mol. The minimum atomic E-state index is -0.124. The van der Waals surface area contributed by atoms with E-state index >= 15 is 0 Å². The Morgan fingerprint density at radius 1 is 1.21 bits per heavy atom. The summed E-state index contributed by atoms with van der Waals surface area (Å²) in [4.78, 5) is 30.2. The van der Waals surface area contributed by atoms with Gasteiger partial charge in [-0.2, -0.15) is 5.10 Å². The number of hydrazone groups is 1. The van der Waals surface area contributed by atoms with Gasteiger partial charge in [0.05, 0.1) is 15.2 Å². The van der Waals surface area contributed by atoms with Gasteiger partial charge in [-0.15, -0.1) is 11.3 Å². The number of para-hydroxylation sites is 1. The van der Waals surface area contributed by atoms with Crippen LogP contribution in [0.2, 0.25) is 0 Å². The van der Waals surface area contributed by atoms with Crippen molar-refractivity contribution in [1.29, 1.82) is 0 Å². The highest BCUT2D eigenvalue weighted by atomic mass is 32.1. The summed E-state index contributed by atoms with van der Waals surface area (Å²) >= 11 is 1.76. The molecular weight excluding hydrogens is 324 g/mol. The molecule has 0 atom stereocenters. The maximum absolute atomic E-state index is 12.5. The zero-order valence-electron chi connectivity index (χ0n) is 13.2. The van der Waals surface area contributed by atoms with Gasteiger partial charge in [-0.25, -0.2) is 10.4 Å². The van der Waals surface area contributed by atoms with E-state index in [-0.39, 0.29) is 11.8 Å². The van der Waals surface area contributed by atoms with E-state index in [1.54, 1.807) is 11.3 Å². The van der Waals surface area contributed by atoms with Crippen molar-refractivity contribution in [2.75, 3.05) is 13.1 Å². The largest absolute Gasteiger partial charge is 0.337 e. The molecule has 1 aromatic carbocycles. The Balaban J connectivity index is 1.41. The van der Waals surface area contributed by atoms with Gasteiger partial charge in [-0.3, -0.25) is 9.59 Å². The number of nitrogens with one attached hydrogen (secondary N) is 1. The van der Waals surface area contributed by atoms with Gasteiger partial charge in [0.1, 0.15) is 5.71 Å². The highest BCUT2D eigenvalue weighted by Gasteiger charge is 2.29. The van der Waals surface area contributed by atoms with Crippen molar-refractivity contribution >= 4 is 39.1 Å². The summed E-state index contributed by atoms with van der Waals surface area (Å²) in [5.41, 5.74) is 3.92. The second-order valence-corrected chi connectivity index (χ2v) is 7.24. The van der Waals surface area contributed by atoms with Crippen LogP contribution in [0, 0.1) is 0 Å². The van der Waals surface area contributed by atoms with Gasteiger partial charge in [0.25, 0.3) is 5.91 Å². The van der Waals surface area contributed by atoms with E-state index in [1.807, 2.05) is 23.1 Å². The third-order valence-electron chi connectivity index (χ3n) is 4.59. The van der Waals surface area contributed by atoms with Crippen molar-refractivity contribution in [3.8, 4) is 0 Å². The molecule has 2 aliphatic rings. The number of rotatable bonds is 2. The van der Waals surface area contributed by atoms with E-state index in [0.29, 0.717) is 37.6 Å². The van der Waals surface area contributed by atoms with Gasteiger partial charge in [0.15, 0.2) is 0 Å². The Morgan fingerprint density at radius 2 is 2.00 bits per heavy atom. The predicted molar refractivity (Wildman–Crippen MR) is 93.0 cm³/mol. The Labute approximate surface area is 143 Å². The first-order valence-electron chi connectivity index (χ1n) is 8.21. The summed E-state index contributed by atoms with van der Waals surface area (Å²) in [5, 5.41) is 5.08. The molecule has 1 aromatic heterocycles. The van der Waals surface area contributed by atoms with Gasteiger partial charge in [-0.05, 0) is 25.0 Å². The number of nitrogens with zero attached hydrogens (tertiary/aromatic N) is 3. The van der Waals surface area contributed by atoms with Crippen LogP contribution in [0.15, 0.2) is 29.4 Å². The van der Waals surface area contributed by atoms with Gasteiger partial charge in [0, 0.05) is 31.8 Å². The fourth-order valence-electron chi connectivity index (χ4n) is 3.21. The van der Waals surface area contributed by atoms with Gasteiger partial charge in [-0.1, -0.05) is 12.1 Å². The maximum Gasteiger partial charge on any atom is 0.270 e. The van der Waals surface area contributed by atoms with E-state index in [9.17, 15) is 9.59 Å². The molecule has 4 rings (SSSR count). The quantitative estimate of drug-likeness (QED) is 0.910. The van der Waals surface area contributed by atoms with Crippen molar-refractivity contribution in [1.82, 2.24) is 15.3 Å². The molecule has 0 saturated carbocycles. The molecule has 2 aliphatic heterocycles. The molecule has 0 bridgehead atoms. The van der Waals surface area contributed by atoms with Gasteiger partial charge >= 0.3 is 0 Å². The lowest BCUT2D eigenvalue weighted by molar-refractivity contribution is -0.125. The Morgan fingerprint density at radius 3 is 2.71 bits per heavy atom. The minimum Gasteiger partial charge on any atom is -0.337 e. The lowest BCUT2D eigenvalue weighted by Crippen LogP contribution is -2.43. The van der Waals surface area contributed by atoms with Crippen molar-refractivity contribution in [3.05, 3.63) is 29.3 Å². The Hall–Kier alpha value is -2.28. The fourth-order valence-corrected chi connectivity index (χ4v) is 4.34. The van der Waals surface area contributed by atoms with Crippen LogP contribution in [0.25, 0.3) is 10.2 Å². The molecule has 2 amide bonds. The van der Waals surface area contributed by atoms with Crippen LogP contribution in [-0.2, 0) is 9.59 Å². The number of likely N-dealkylation sites (tertiary alicyclic amines) is 1. The standard InChI is InChI=1S/C17H18N4O2S/c22-15-6-5-13(19-20-15)17(23)21-9-7-11(8-10-21)16-18-12-3-1-2-4-14(12)24-16/h1-4,11H,5-10H2,(H,20,22). The van der Waals surface area contributed by atoms with E-state index in [4.69, 9.17) is 4.98 Å². The molecule has 6 nitrogen and oxygen atoms in total. The van der Waals surface area contributed by atoms with Crippen LogP contribution in [0.5, 0.6) is 0 Å². The Bertz CT molecular complexity index is 788. The van der Waals surface area contributed by atoms with Crippen molar-refractivity contribution in [2.24, 2.45) is 5.10 Å². The van der Waals surface area contributed by atoms with Crippen LogP contribution in [0.1, 0.15) is 36.6 Å². The summed E-state index contributed by atoms with van der Waals surface area (Å²) in [6.45, 7) is 1.43. The van der Waals surface area contributed by atoms with Crippen molar-refractivity contribution < 1.29 is 9.59 Å². The van der Waals surface area contributed by atoms with Crippen LogP contribution >= 0.6 is 11.3 Å². The third-order valence-corrected chi connectivity index (χ3v) is 5.79. The van der Waals surface area contributed by atoms with Gasteiger partial charge < -0.3 is 4.90 Å². The van der Waals surface area contributed by atoms with Crippen LogP contribution in [0.4, 0.5) is 0 Å². The molecule has 0 radical (unpaired) electrons. The number of hydrogen-bond acceptors (Lipinski definition) is 5. The van der Waals surface area contributed by atoms with E-state index in [0.717, 1.165) is 18.4 Å². The molecular formula is C17H18N4O2S. The molecule has 24 heavy (non-hydrogen) atoms. The number of carbonyl (C=O) groups is 2. The number of hydrogen-bond donors (Lipinski definition) is 1. The first-order valence-corrected chi connectivity index (χ1v) is 9.02. The summed E-state index contributed by atoms with van der Waals surface area (Å²) < 4.78 is 1.22. The monoisotopic (exact) mass is 342 g/mol. The zero-order valence-corrected chi connectivity index (χ0v) is 14.0.